The Morgan fingerprint density at radius 1 is 1.15 bits per heavy atom. The zero-order valence-corrected chi connectivity index (χ0v) is 15.0. The summed E-state index contributed by atoms with van der Waals surface area (Å²) in [6.07, 6.45) is 2.06. The molecule has 2 aromatic carbocycles. The van der Waals surface area contributed by atoms with E-state index in [0.29, 0.717) is 22.8 Å². The Bertz CT molecular complexity index is 878. The lowest BCUT2D eigenvalue weighted by Crippen LogP contribution is -2.12. The van der Waals surface area contributed by atoms with Crippen LogP contribution in [0.2, 0.25) is 5.02 Å². The Balaban J connectivity index is 1.64. The molecule has 0 bridgehead atoms. The van der Waals surface area contributed by atoms with Gasteiger partial charge in [0.05, 0.1) is 17.2 Å². The van der Waals surface area contributed by atoms with Crippen LogP contribution in [0, 0.1) is 0 Å². The minimum absolute atomic E-state index is 0.00759. The second-order valence-corrected chi connectivity index (χ2v) is 5.98. The number of nitrogens with zero attached hydrogens (tertiary/aromatic N) is 2. The smallest absolute Gasteiger partial charge is 0.322 e. The van der Waals surface area contributed by atoms with E-state index in [0.717, 1.165) is 18.6 Å². The second-order valence-electron chi connectivity index (χ2n) is 5.57. The van der Waals surface area contributed by atoms with Crippen molar-refractivity contribution in [2.75, 3.05) is 11.9 Å². The molecule has 0 atom stereocenters. The van der Waals surface area contributed by atoms with Crippen LogP contribution in [0.1, 0.15) is 30.1 Å². The van der Waals surface area contributed by atoms with Crippen molar-refractivity contribution in [1.82, 2.24) is 10.2 Å². The van der Waals surface area contributed by atoms with Gasteiger partial charge in [-0.05, 0) is 42.8 Å². The summed E-state index contributed by atoms with van der Waals surface area (Å²) in [6, 6.07) is 14.0. The number of rotatable bonds is 7. The van der Waals surface area contributed by atoms with Crippen LogP contribution < -0.4 is 10.1 Å². The van der Waals surface area contributed by atoms with E-state index in [4.69, 9.17) is 20.8 Å². The first-order chi connectivity index (χ1) is 12.7. The van der Waals surface area contributed by atoms with E-state index < -0.39 is 0 Å². The third-order valence-corrected chi connectivity index (χ3v) is 3.96. The van der Waals surface area contributed by atoms with Crippen molar-refractivity contribution in [3.8, 4) is 17.2 Å². The summed E-state index contributed by atoms with van der Waals surface area (Å²) in [4.78, 5) is 12.3. The number of nitrogens with one attached hydrogen (secondary N) is 1. The average molecular weight is 372 g/mol. The number of ether oxygens (including phenoxy) is 1. The van der Waals surface area contributed by atoms with Gasteiger partial charge in [-0.15, -0.1) is 5.10 Å². The molecular formula is C19H18ClN3O3. The first kappa shape index (κ1) is 17.9. The highest BCUT2D eigenvalue weighted by atomic mass is 35.5. The molecule has 0 unspecified atom stereocenters. The molecule has 3 rings (SSSR count). The number of anilines is 1. The molecule has 7 heteroatoms. The lowest BCUT2D eigenvalue weighted by atomic mass is 10.2. The fraction of sp³-hybridized carbons (Fsp3) is 0.211. The van der Waals surface area contributed by atoms with E-state index in [9.17, 15) is 4.79 Å². The number of benzene rings is 2. The molecule has 1 aromatic heterocycles. The first-order valence-corrected chi connectivity index (χ1v) is 8.68. The number of hydrogen-bond donors (Lipinski definition) is 1. The van der Waals surface area contributed by atoms with E-state index >= 15 is 0 Å². The summed E-state index contributed by atoms with van der Waals surface area (Å²) in [5.74, 6) is 0.624. The Hall–Kier alpha value is -2.86. The van der Waals surface area contributed by atoms with Crippen molar-refractivity contribution in [3.63, 3.8) is 0 Å². The molecule has 26 heavy (non-hydrogen) atoms. The summed E-state index contributed by atoms with van der Waals surface area (Å²) >= 11 is 6.10. The SMILES string of the molecule is CCCCOc1ccc(C(=O)Nc2nnc(-c3ccccc3Cl)o2)cc1. The number of hydrogen-bond acceptors (Lipinski definition) is 5. The molecule has 0 saturated heterocycles. The van der Waals surface area contributed by atoms with Gasteiger partial charge in [-0.25, -0.2) is 0 Å². The molecule has 0 saturated carbocycles. The molecule has 0 aliphatic carbocycles. The van der Waals surface area contributed by atoms with Crippen LogP contribution in [-0.4, -0.2) is 22.7 Å². The third-order valence-electron chi connectivity index (χ3n) is 3.63. The predicted octanol–water partition coefficient (Wildman–Crippen LogP) is 4.82. The van der Waals surface area contributed by atoms with Gasteiger partial charge < -0.3 is 9.15 Å². The van der Waals surface area contributed by atoms with Crippen molar-refractivity contribution in [2.24, 2.45) is 0 Å². The molecule has 0 radical (unpaired) electrons. The second kappa shape index (κ2) is 8.49. The molecular weight excluding hydrogens is 354 g/mol. The number of aromatic nitrogens is 2. The normalized spacial score (nSPS) is 10.5. The molecule has 0 aliphatic rings. The van der Waals surface area contributed by atoms with Gasteiger partial charge in [0, 0.05) is 5.56 Å². The van der Waals surface area contributed by atoms with Crippen LogP contribution in [0.4, 0.5) is 6.01 Å². The molecule has 1 amide bonds. The van der Waals surface area contributed by atoms with Crippen LogP contribution in [0.5, 0.6) is 5.75 Å². The lowest BCUT2D eigenvalue weighted by Gasteiger charge is -2.06. The third kappa shape index (κ3) is 4.40. The molecule has 0 aliphatic heterocycles. The van der Waals surface area contributed by atoms with Crippen LogP contribution in [0.3, 0.4) is 0 Å². The fourth-order valence-corrected chi connectivity index (χ4v) is 2.44. The van der Waals surface area contributed by atoms with Crippen LogP contribution in [0.15, 0.2) is 52.9 Å². The number of carbonyl (C=O) groups is 1. The highest BCUT2D eigenvalue weighted by molar-refractivity contribution is 6.33. The van der Waals surface area contributed by atoms with Gasteiger partial charge in [0.2, 0.25) is 0 Å². The maximum absolute atomic E-state index is 12.3. The summed E-state index contributed by atoms with van der Waals surface area (Å²) in [5, 5.41) is 10.8. The molecule has 1 heterocycles. The maximum Gasteiger partial charge on any atom is 0.322 e. The summed E-state index contributed by atoms with van der Waals surface area (Å²) in [5.41, 5.74) is 1.07. The lowest BCUT2D eigenvalue weighted by molar-refractivity contribution is 0.102. The highest BCUT2D eigenvalue weighted by Gasteiger charge is 2.14. The molecule has 134 valence electrons. The van der Waals surface area contributed by atoms with Crippen molar-refractivity contribution >= 4 is 23.5 Å². The largest absolute Gasteiger partial charge is 0.494 e. The minimum Gasteiger partial charge on any atom is -0.494 e. The highest BCUT2D eigenvalue weighted by Crippen LogP contribution is 2.27. The molecule has 0 spiro atoms. The van der Waals surface area contributed by atoms with Gasteiger partial charge >= 0.3 is 6.01 Å². The van der Waals surface area contributed by atoms with Gasteiger partial charge in [0.25, 0.3) is 11.8 Å². The van der Waals surface area contributed by atoms with E-state index in [-0.39, 0.29) is 17.8 Å². The zero-order valence-electron chi connectivity index (χ0n) is 14.2. The van der Waals surface area contributed by atoms with Gasteiger partial charge in [-0.1, -0.05) is 42.2 Å². The maximum atomic E-state index is 12.3. The number of unbranched alkanes of at least 4 members (excludes halogenated alkanes) is 1. The van der Waals surface area contributed by atoms with Gasteiger partial charge in [0.1, 0.15) is 5.75 Å². The van der Waals surface area contributed by atoms with Gasteiger partial charge in [0.15, 0.2) is 0 Å². The fourth-order valence-electron chi connectivity index (χ4n) is 2.22. The molecule has 6 nitrogen and oxygen atoms in total. The molecule has 1 N–H and O–H groups in total. The Morgan fingerprint density at radius 2 is 1.92 bits per heavy atom. The van der Waals surface area contributed by atoms with E-state index in [1.807, 2.05) is 6.07 Å². The predicted molar refractivity (Wildman–Crippen MR) is 99.5 cm³/mol. The van der Waals surface area contributed by atoms with E-state index in [1.165, 1.54) is 0 Å². The van der Waals surface area contributed by atoms with Crippen molar-refractivity contribution < 1.29 is 13.9 Å². The Morgan fingerprint density at radius 3 is 2.65 bits per heavy atom. The van der Waals surface area contributed by atoms with E-state index in [2.05, 4.69) is 22.4 Å². The zero-order chi connectivity index (χ0) is 18.4. The average Bonchev–Trinajstić information content (AvgIpc) is 3.11. The molecule has 0 fully saturated rings. The van der Waals surface area contributed by atoms with Crippen molar-refractivity contribution in [2.45, 2.75) is 19.8 Å². The minimum atomic E-state index is -0.348. The number of amides is 1. The summed E-state index contributed by atoms with van der Waals surface area (Å²) < 4.78 is 11.0. The van der Waals surface area contributed by atoms with Crippen molar-refractivity contribution in [3.05, 3.63) is 59.1 Å². The van der Waals surface area contributed by atoms with Crippen LogP contribution in [-0.2, 0) is 0 Å². The Kier molecular flexibility index (Phi) is 5.86. The molecule has 3 aromatic rings. The quantitative estimate of drug-likeness (QED) is 0.602. The standard InChI is InChI=1S/C19H18ClN3O3/c1-2-3-12-25-14-10-8-13(9-11-14)17(24)21-19-23-22-18(26-19)15-6-4-5-7-16(15)20/h4-11H,2-3,12H2,1H3,(H,21,23,24). The monoisotopic (exact) mass is 371 g/mol. The van der Waals surface area contributed by atoms with Crippen LogP contribution in [0.25, 0.3) is 11.5 Å². The summed E-state index contributed by atoms with van der Waals surface area (Å²) in [7, 11) is 0. The topological polar surface area (TPSA) is 77.2 Å². The van der Waals surface area contributed by atoms with E-state index in [1.54, 1.807) is 42.5 Å². The van der Waals surface area contributed by atoms with Gasteiger partial charge in [-0.3, -0.25) is 10.1 Å². The van der Waals surface area contributed by atoms with Crippen molar-refractivity contribution in [1.29, 1.82) is 0 Å². The number of carbonyl (C=O) groups excluding carboxylic acids is 1. The van der Waals surface area contributed by atoms with Crippen LogP contribution >= 0.6 is 11.6 Å². The number of halogens is 1. The summed E-state index contributed by atoms with van der Waals surface area (Å²) in [6.45, 7) is 2.76. The van der Waals surface area contributed by atoms with Gasteiger partial charge in [-0.2, -0.15) is 0 Å². The Labute approximate surface area is 156 Å². The first-order valence-electron chi connectivity index (χ1n) is 8.30.